The zero-order valence-electron chi connectivity index (χ0n) is 9.82. The van der Waals surface area contributed by atoms with Crippen molar-refractivity contribution in [3.8, 4) is 11.5 Å². The van der Waals surface area contributed by atoms with E-state index in [1.54, 1.807) is 0 Å². The Bertz CT molecular complexity index is 592. The summed E-state index contributed by atoms with van der Waals surface area (Å²) in [6.45, 7) is 1.41. The summed E-state index contributed by atoms with van der Waals surface area (Å²) >= 11 is 0. The number of aldehydes is 1. The zero-order valence-corrected chi connectivity index (χ0v) is 10.6. The van der Waals surface area contributed by atoms with Crippen LogP contribution in [0.25, 0.3) is 0 Å². The van der Waals surface area contributed by atoms with E-state index in [2.05, 4.69) is 8.92 Å². The van der Waals surface area contributed by atoms with E-state index < -0.39 is 21.4 Å². The van der Waals surface area contributed by atoms with Gasteiger partial charge in [-0.15, -0.1) is 0 Å². The minimum atomic E-state index is -5.79. The molecule has 19 heavy (non-hydrogen) atoms. The van der Waals surface area contributed by atoms with Crippen molar-refractivity contribution >= 4 is 16.4 Å². The topological polar surface area (TPSA) is 69.7 Å². The Morgan fingerprint density at radius 2 is 1.79 bits per heavy atom. The van der Waals surface area contributed by atoms with Crippen molar-refractivity contribution in [3.63, 3.8) is 0 Å². The molecule has 0 heterocycles. The van der Waals surface area contributed by atoms with Gasteiger partial charge in [0.25, 0.3) is 0 Å². The fraction of sp³-hybridized carbons (Fsp3) is 0.300. The Morgan fingerprint density at radius 3 is 2.21 bits per heavy atom. The number of aryl methyl sites for hydroxylation is 1. The molecule has 1 rings (SSSR count). The molecule has 0 aromatic heterocycles. The summed E-state index contributed by atoms with van der Waals surface area (Å²) in [7, 11) is -4.68. The van der Waals surface area contributed by atoms with Crippen LogP contribution in [0, 0.1) is 6.92 Å². The smallest absolute Gasteiger partial charge is 0.493 e. The summed E-state index contributed by atoms with van der Waals surface area (Å²) in [6, 6.07) is 2.06. The van der Waals surface area contributed by atoms with Gasteiger partial charge in [0.15, 0.2) is 11.5 Å². The lowest BCUT2D eigenvalue weighted by Crippen LogP contribution is -2.28. The Labute approximate surface area is 107 Å². The number of alkyl halides is 3. The predicted octanol–water partition coefficient (Wildman–Crippen LogP) is 2.04. The lowest BCUT2D eigenvalue weighted by Gasteiger charge is -2.13. The molecule has 0 bridgehead atoms. The molecule has 0 amide bonds. The molecule has 0 saturated heterocycles. The second kappa shape index (κ2) is 5.08. The maximum absolute atomic E-state index is 12.2. The molecule has 1 aromatic carbocycles. The van der Waals surface area contributed by atoms with Gasteiger partial charge in [0.1, 0.15) is 6.29 Å². The molecule has 9 heteroatoms. The zero-order chi connectivity index (χ0) is 14.8. The van der Waals surface area contributed by atoms with Crippen molar-refractivity contribution < 1.29 is 35.3 Å². The highest BCUT2D eigenvalue weighted by molar-refractivity contribution is 7.88. The molecule has 0 aliphatic heterocycles. The van der Waals surface area contributed by atoms with Crippen LogP contribution in [-0.4, -0.2) is 27.3 Å². The highest BCUT2D eigenvalue weighted by Crippen LogP contribution is 2.34. The molecule has 0 unspecified atom stereocenters. The van der Waals surface area contributed by atoms with Crippen molar-refractivity contribution in [2.24, 2.45) is 0 Å². The standard InChI is InChI=1S/C10H9F3O5S/c1-6-3-9(8(17-2)4-7(6)5-14)18-19(15,16)10(11,12)13/h3-5H,1-2H3. The Hall–Kier alpha value is -1.77. The monoisotopic (exact) mass is 298 g/mol. The lowest BCUT2D eigenvalue weighted by molar-refractivity contribution is -0.0500. The Balaban J connectivity index is 3.30. The molecule has 0 N–H and O–H groups in total. The van der Waals surface area contributed by atoms with E-state index >= 15 is 0 Å². The van der Waals surface area contributed by atoms with Crippen LogP contribution in [0.3, 0.4) is 0 Å². The van der Waals surface area contributed by atoms with Gasteiger partial charge in [-0.3, -0.25) is 4.79 Å². The number of ether oxygens (including phenoxy) is 1. The summed E-state index contributed by atoms with van der Waals surface area (Å²) in [4.78, 5) is 10.7. The van der Waals surface area contributed by atoms with Gasteiger partial charge in [0.2, 0.25) is 0 Å². The quantitative estimate of drug-likeness (QED) is 0.483. The van der Waals surface area contributed by atoms with Crippen LogP contribution >= 0.6 is 0 Å². The largest absolute Gasteiger partial charge is 0.534 e. The van der Waals surface area contributed by atoms with Crippen LogP contribution < -0.4 is 8.92 Å². The average molecular weight is 298 g/mol. The van der Waals surface area contributed by atoms with Gasteiger partial charge >= 0.3 is 15.6 Å². The molecule has 0 aliphatic rings. The summed E-state index contributed by atoms with van der Waals surface area (Å²) in [6.07, 6.45) is 0.458. The highest BCUT2D eigenvalue weighted by Gasteiger charge is 2.49. The predicted molar refractivity (Wildman–Crippen MR) is 58.7 cm³/mol. The first-order valence-corrected chi connectivity index (χ1v) is 6.17. The molecule has 0 spiro atoms. The van der Waals surface area contributed by atoms with Crippen LogP contribution in [0.2, 0.25) is 0 Å². The molecular formula is C10H9F3O5S. The Morgan fingerprint density at radius 1 is 1.21 bits per heavy atom. The van der Waals surface area contributed by atoms with Crippen LogP contribution in [0.4, 0.5) is 13.2 Å². The molecule has 0 aliphatic carbocycles. The van der Waals surface area contributed by atoms with Gasteiger partial charge in [-0.05, 0) is 24.6 Å². The summed E-state index contributed by atoms with van der Waals surface area (Å²) in [5, 5.41) is 0. The molecule has 0 saturated carbocycles. The minimum Gasteiger partial charge on any atom is -0.493 e. The van der Waals surface area contributed by atoms with E-state index in [9.17, 15) is 26.4 Å². The van der Waals surface area contributed by atoms with E-state index in [1.807, 2.05) is 0 Å². The Kier molecular flexibility index (Phi) is 4.09. The maximum atomic E-state index is 12.2. The first kappa shape index (κ1) is 15.3. The van der Waals surface area contributed by atoms with E-state index in [0.717, 1.165) is 19.2 Å². The molecule has 5 nitrogen and oxygen atoms in total. The van der Waals surface area contributed by atoms with Gasteiger partial charge in [0, 0.05) is 5.56 Å². The summed E-state index contributed by atoms with van der Waals surface area (Å²) < 4.78 is 67.0. The van der Waals surface area contributed by atoms with E-state index in [4.69, 9.17) is 0 Å². The second-order valence-corrected chi connectivity index (χ2v) is 5.00. The fourth-order valence-corrected chi connectivity index (χ4v) is 1.66. The lowest BCUT2D eigenvalue weighted by atomic mass is 10.1. The van der Waals surface area contributed by atoms with Crippen molar-refractivity contribution in [2.45, 2.75) is 12.4 Å². The molecule has 106 valence electrons. The molecule has 1 aromatic rings. The third-order valence-corrected chi connectivity index (χ3v) is 3.13. The van der Waals surface area contributed by atoms with E-state index in [1.165, 1.54) is 6.92 Å². The SMILES string of the molecule is COc1cc(C=O)c(C)cc1OS(=O)(=O)C(F)(F)F. The molecule has 0 radical (unpaired) electrons. The van der Waals surface area contributed by atoms with Crippen LogP contribution in [0.1, 0.15) is 15.9 Å². The third kappa shape index (κ3) is 3.16. The molecule has 0 atom stereocenters. The van der Waals surface area contributed by atoms with Crippen molar-refractivity contribution in [1.82, 2.24) is 0 Å². The van der Waals surface area contributed by atoms with E-state index in [-0.39, 0.29) is 16.9 Å². The number of benzene rings is 1. The number of hydrogen-bond donors (Lipinski definition) is 0. The summed E-state index contributed by atoms with van der Waals surface area (Å²) in [5.41, 5.74) is -5.15. The van der Waals surface area contributed by atoms with Crippen LogP contribution in [0.5, 0.6) is 11.5 Å². The van der Waals surface area contributed by atoms with Crippen LogP contribution in [0.15, 0.2) is 12.1 Å². The van der Waals surface area contributed by atoms with Gasteiger partial charge in [-0.25, -0.2) is 0 Å². The van der Waals surface area contributed by atoms with Gasteiger partial charge < -0.3 is 8.92 Å². The average Bonchev–Trinajstić information content (AvgIpc) is 2.27. The number of hydrogen-bond acceptors (Lipinski definition) is 5. The highest BCUT2D eigenvalue weighted by atomic mass is 32.2. The van der Waals surface area contributed by atoms with Crippen molar-refractivity contribution in [2.75, 3.05) is 7.11 Å². The van der Waals surface area contributed by atoms with Crippen molar-refractivity contribution in [3.05, 3.63) is 23.3 Å². The number of halogens is 3. The third-order valence-electron chi connectivity index (χ3n) is 2.16. The number of rotatable bonds is 4. The summed E-state index contributed by atoms with van der Waals surface area (Å²) in [5.74, 6) is -0.927. The van der Waals surface area contributed by atoms with Crippen molar-refractivity contribution in [1.29, 1.82) is 0 Å². The first-order valence-electron chi connectivity index (χ1n) is 4.77. The normalized spacial score (nSPS) is 12.1. The maximum Gasteiger partial charge on any atom is 0.534 e. The second-order valence-electron chi connectivity index (χ2n) is 3.46. The van der Waals surface area contributed by atoms with Gasteiger partial charge in [-0.1, -0.05) is 0 Å². The van der Waals surface area contributed by atoms with E-state index in [0.29, 0.717) is 6.29 Å². The minimum absolute atomic E-state index is 0.147. The number of carbonyl (C=O) groups excluding carboxylic acids is 1. The molecular weight excluding hydrogens is 289 g/mol. The van der Waals surface area contributed by atoms with Gasteiger partial charge in [-0.2, -0.15) is 21.6 Å². The fourth-order valence-electron chi connectivity index (χ4n) is 1.19. The number of carbonyl (C=O) groups is 1. The molecule has 0 fully saturated rings. The number of methoxy groups -OCH3 is 1. The van der Waals surface area contributed by atoms with Crippen LogP contribution in [-0.2, 0) is 10.1 Å². The van der Waals surface area contributed by atoms with Gasteiger partial charge in [0.05, 0.1) is 7.11 Å². The first-order chi connectivity index (χ1) is 8.62.